The van der Waals surface area contributed by atoms with Crippen LogP contribution in [0.2, 0.25) is 0 Å². The van der Waals surface area contributed by atoms with Gasteiger partial charge in [0.1, 0.15) is 5.75 Å². The maximum absolute atomic E-state index is 12.7. The number of carbonyl (C=O) groups is 2. The van der Waals surface area contributed by atoms with Gasteiger partial charge < -0.3 is 15.4 Å². The first-order valence-corrected chi connectivity index (χ1v) is 7.69. The Balaban J connectivity index is 1.95. The Morgan fingerprint density at radius 1 is 1.04 bits per heavy atom. The lowest BCUT2D eigenvalue weighted by Gasteiger charge is -2.13. The van der Waals surface area contributed by atoms with Gasteiger partial charge in [-0.05, 0) is 30.3 Å². The van der Waals surface area contributed by atoms with Gasteiger partial charge in [0.2, 0.25) is 5.91 Å². The standard InChI is InChI=1S/C19H17N3O3/c1-12(23)21-14-8-9-17(25-2)16(11-14)22-19(24)15-7-3-5-13-6-4-10-20-18(13)15/h3-11H,1-2H3,(H,21,23)(H,22,24). The van der Waals surface area contributed by atoms with E-state index in [9.17, 15) is 9.59 Å². The van der Waals surface area contributed by atoms with Crippen LogP contribution in [0, 0.1) is 0 Å². The first kappa shape index (κ1) is 16.4. The van der Waals surface area contributed by atoms with Crippen molar-refractivity contribution < 1.29 is 14.3 Å². The first-order chi connectivity index (χ1) is 12.1. The highest BCUT2D eigenvalue weighted by molar-refractivity contribution is 6.12. The Bertz CT molecular complexity index is 948. The van der Waals surface area contributed by atoms with E-state index in [1.807, 2.05) is 24.3 Å². The second-order valence-electron chi connectivity index (χ2n) is 5.43. The third-order valence-electron chi connectivity index (χ3n) is 3.65. The van der Waals surface area contributed by atoms with Gasteiger partial charge in [0, 0.05) is 24.2 Å². The van der Waals surface area contributed by atoms with Gasteiger partial charge in [-0.1, -0.05) is 18.2 Å². The third kappa shape index (κ3) is 3.58. The number of pyridine rings is 1. The number of para-hydroxylation sites is 1. The van der Waals surface area contributed by atoms with Crippen LogP contribution in [0.5, 0.6) is 5.75 Å². The summed E-state index contributed by atoms with van der Waals surface area (Å²) in [5.74, 6) is -0.00100. The molecule has 0 unspecified atom stereocenters. The molecule has 6 heteroatoms. The third-order valence-corrected chi connectivity index (χ3v) is 3.65. The lowest BCUT2D eigenvalue weighted by Crippen LogP contribution is -2.14. The molecule has 0 atom stereocenters. The van der Waals surface area contributed by atoms with Crippen LogP contribution >= 0.6 is 0 Å². The summed E-state index contributed by atoms with van der Waals surface area (Å²) in [6.45, 7) is 1.42. The van der Waals surface area contributed by atoms with E-state index < -0.39 is 0 Å². The molecule has 2 amide bonds. The van der Waals surface area contributed by atoms with E-state index in [0.717, 1.165) is 5.39 Å². The summed E-state index contributed by atoms with van der Waals surface area (Å²) in [6, 6.07) is 14.2. The quantitative estimate of drug-likeness (QED) is 0.765. The van der Waals surface area contributed by atoms with Gasteiger partial charge in [-0.2, -0.15) is 0 Å². The number of methoxy groups -OCH3 is 1. The molecule has 2 N–H and O–H groups in total. The van der Waals surface area contributed by atoms with Crippen LogP contribution in [0.4, 0.5) is 11.4 Å². The number of nitrogens with one attached hydrogen (secondary N) is 2. The summed E-state index contributed by atoms with van der Waals surface area (Å²) < 4.78 is 5.29. The molecule has 126 valence electrons. The van der Waals surface area contributed by atoms with E-state index in [4.69, 9.17) is 4.74 Å². The van der Waals surface area contributed by atoms with Crippen molar-refractivity contribution in [2.24, 2.45) is 0 Å². The maximum Gasteiger partial charge on any atom is 0.257 e. The van der Waals surface area contributed by atoms with E-state index in [1.165, 1.54) is 14.0 Å². The number of amides is 2. The molecule has 25 heavy (non-hydrogen) atoms. The van der Waals surface area contributed by atoms with Gasteiger partial charge in [-0.3, -0.25) is 14.6 Å². The fraction of sp³-hybridized carbons (Fsp3) is 0.105. The van der Waals surface area contributed by atoms with Crippen LogP contribution in [0.1, 0.15) is 17.3 Å². The van der Waals surface area contributed by atoms with Crippen LogP contribution < -0.4 is 15.4 Å². The molecule has 1 heterocycles. The number of anilines is 2. The van der Waals surface area contributed by atoms with Crippen LogP contribution in [0.15, 0.2) is 54.7 Å². The molecule has 3 rings (SSSR count). The summed E-state index contributed by atoms with van der Waals surface area (Å²) in [7, 11) is 1.52. The minimum absolute atomic E-state index is 0.194. The van der Waals surface area contributed by atoms with Crippen LogP contribution in [0.3, 0.4) is 0 Å². The summed E-state index contributed by atoms with van der Waals surface area (Å²) in [6.07, 6.45) is 1.65. The minimum Gasteiger partial charge on any atom is -0.495 e. The number of rotatable bonds is 4. The monoisotopic (exact) mass is 335 g/mol. The second-order valence-corrected chi connectivity index (χ2v) is 5.43. The molecule has 0 aliphatic heterocycles. The Labute approximate surface area is 144 Å². The minimum atomic E-state index is -0.303. The molecule has 0 saturated heterocycles. The van der Waals surface area contributed by atoms with Crippen molar-refractivity contribution in [3.05, 3.63) is 60.3 Å². The van der Waals surface area contributed by atoms with Crippen molar-refractivity contribution in [2.45, 2.75) is 6.92 Å². The highest BCUT2D eigenvalue weighted by Gasteiger charge is 2.14. The normalized spacial score (nSPS) is 10.3. The number of aromatic nitrogens is 1. The Morgan fingerprint density at radius 3 is 2.60 bits per heavy atom. The van der Waals surface area contributed by atoms with Crippen LogP contribution in [-0.2, 0) is 4.79 Å². The van der Waals surface area contributed by atoms with Crippen molar-refractivity contribution in [1.82, 2.24) is 4.98 Å². The molecule has 6 nitrogen and oxygen atoms in total. The van der Waals surface area contributed by atoms with E-state index >= 15 is 0 Å². The number of carbonyl (C=O) groups excluding carboxylic acids is 2. The van der Waals surface area contributed by atoms with Gasteiger partial charge in [0.05, 0.1) is 23.9 Å². The average molecular weight is 335 g/mol. The SMILES string of the molecule is COc1ccc(NC(C)=O)cc1NC(=O)c1cccc2cccnc12. The fourth-order valence-corrected chi connectivity index (χ4v) is 2.56. The number of fused-ring (bicyclic) bond motifs is 1. The van der Waals surface area contributed by atoms with E-state index in [0.29, 0.717) is 28.2 Å². The zero-order chi connectivity index (χ0) is 17.8. The number of hydrogen-bond donors (Lipinski definition) is 2. The van der Waals surface area contributed by atoms with E-state index in [1.54, 1.807) is 30.5 Å². The van der Waals surface area contributed by atoms with Crippen molar-refractivity contribution >= 4 is 34.1 Å². The van der Waals surface area contributed by atoms with Crippen molar-refractivity contribution in [3.63, 3.8) is 0 Å². The van der Waals surface area contributed by atoms with Crippen molar-refractivity contribution in [3.8, 4) is 5.75 Å². The predicted octanol–water partition coefficient (Wildman–Crippen LogP) is 3.45. The van der Waals surface area contributed by atoms with Gasteiger partial charge in [0.25, 0.3) is 5.91 Å². The number of benzene rings is 2. The molecular formula is C19H17N3O3. The number of nitrogens with zero attached hydrogens (tertiary/aromatic N) is 1. The zero-order valence-electron chi connectivity index (χ0n) is 13.9. The van der Waals surface area contributed by atoms with Crippen LogP contribution in [-0.4, -0.2) is 23.9 Å². The summed E-state index contributed by atoms with van der Waals surface area (Å²) in [5, 5.41) is 6.39. The molecule has 0 saturated carbocycles. The Hall–Kier alpha value is -3.41. The molecule has 2 aromatic carbocycles. The Kier molecular flexibility index (Phi) is 4.61. The van der Waals surface area contributed by atoms with E-state index in [-0.39, 0.29) is 11.8 Å². The largest absolute Gasteiger partial charge is 0.495 e. The first-order valence-electron chi connectivity index (χ1n) is 7.69. The maximum atomic E-state index is 12.7. The molecular weight excluding hydrogens is 318 g/mol. The number of hydrogen-bond acceptors (Lipinski definition) is 4. The zero-order valence-corrected chi connectivity index (χ0v) is 13.9. The van der Waals surface area contributed by atoms with Gasteiger partial charge in [0.15, 0.2) is 0 Å². The van der Waals surface area contributed by atoms with Gasteiger partial charge >= 0.3 is 0 Å². The number of ether oxygens (including phenoxy) is 1. The van der Waals surface area contributed by atoms with Crippen molar-refractivity contribution in [2.75, 3.05) is 17.7 Å². The van der Waals surface area contributed by atoms with Gasteiger partial charge in [-0.25, -0.2) is 0 Å². The van der Waals surface area contributed by atoms with E-state index in [2.05, 4.69) is 15.6 Å². The summed E-state index contributed by atoms with van der Waals surface area (Å²) in [5.41, 5.74) is 2.12. The topological polar surface area (TPSA) is 80.3 Å². The lowest BCUT2D eigenvalue weighted by atomic mass is 10.1. The summed E-state index contributed by atoms with van der Waals surface area (Å²) >= 11 is 0. The smallest absolute Gasteiger partial charge is 0.257 e. The highest BCUT2D eigenvalue weighted by atomic mass is 16.5. The molecule has 0 spiro atoms. The second kappa shape index (κ2) is 7.00. The Morgan fingerprint density at radius 2 is 1.84 bits per heavy atom. The average Bonchev–Trinajstić information content (AvgIpc) is 2.61. The molecule has 0 aliphatic rings. The van der Waals surface area contributed by atoms with Crippen LogP contribution in [0.25, 0.3) is 10.9 Å². The molecule has 1 aromatic heterocycles. The predicted molar refractivity (Wildman–Crippen MR) is 97.0 cm³/mol. The molecule has 3 aromatic rings. The summed E-state index contributed by atoms with van der Waals surface area (Å²) in [4.78, 5) is 28.3. The van der Waals surface area contributed by atoms with Crippen molar-refractivity contribution in [1.29, 1.82) is 0 Å². The highest BCUT2D eigenvalue weighted by Crippen LogP contribution is 2.29. The molecule has 0 radical (unpaired) electrons. The lowest BCUT2D eigenvalue weighted by molar-refractivity contribution is -0.114. The fourth-order valence-electron chi connectivity index (χ4n) is 2.56. The molecule has 0 aliphatic carbocycles. The molecule has 0 fully saturated rings. The van der Waals surface area contributed by atoms with Gasteiger partial charge in [-0.15, -0.1) is 0 Å². The molecule has 0 bridgehead atoms.